The molecule has 0 N–H and O–H groups in total. The van der Waals surface area contributed by atoms with Gasteiger partial charge in [-0.25, -0.2) is 0 Å². The highest BCUT2D eigenvalue weighted by atomic mass is 35.5. The lowest BCUT2D eigenvalue weighted by molar-refractivity contribution is -0.687. The van der Waals surface area contributed by atoms with E-state index in [9.17, 15) is 0 Å². The Morgan fingerprint density at radius 3 is 2.45 bits per heavy atom. The molecule has 1 nitrogen and oxygen atoms in total. The van der Waals surface area contributed by atoms with Crippen molar-refractivity contribution in [1.82, 2.24) is 0 Å². The van der Waals surface area contributed by atoms with Gasteiger partial charge in [-0.05, 0) is 0 Å². The van der Waals surface area contributed by atoms with Gasteiger partial charge in [0.1, 0.15) is 0 Å². The Morgan fingerprint density at radius 1 is 1.27 bits per heavy atom. The smallest absolute Gasteiger partial charge is 0.185 e. The van der Waals surface area contributed by atoms with Crippen LogP contribution in [-0.2, 0) is 6.54 Å². The van der Waals surface area contributed by atoms with E-state index in [1.165, 1.54) is 5.54 Å². The molecule has 1 aromatic rings. The quantitative estimate of drug-likeness (QED) is 0.628. The summed E-state index contributed by atoms with van der Waals surface area (Å²) in [5.41, 5.74) is 1.38. The van der Waals surface area contributed by atoms with Crippen molar-refractivity contribution in [3.8, 4) is 0 Å². The van der Waals surface area contributed by atoms with Crippen LogP contribution in [0.3, 0.4) is 0 Å². The van der Waals surface area contributed by atoms with Crippen molar-refractivity contribution in [2.45, 2.75) is 6.54 Å². The maximum atomic E-state index is 5.71. The van der Waals surface area contributed by atoms with Gasteiger partial charge in [-0.3, -0.25) is 0 Å². The summed E-state index contributed by atoms with van der Waals surface area (Å²) in [7, 11) is 0. The van der Waals surface area contributed by atoms with Crippen LogP contribution in [0, 0.1) is 0 Å². The summed E-state index contributed by atoms with van der Waals surface area (Å²) < 4.78 is 1.95. The first-order valence-corrected chi connectivity index (χ1v) is 4.03. The van der Waals surface area contributed by atoms with E-state index < -0.39 is 0 Å². The SMILES string of the molecule is ClC=C(Cl)C[n+]1ccccc1. The third-order valence-corrected chi connectivity index (χ3v) is 1.83. The summed E-state index contributed by atoms with van der Waals surface area (Å²) in [5, 5.41) is 0.628. The second-order valence-electron chi connectivity index (χ2n) is 2.10. The first-order chi connectivity index (χ1) is 5.33. The molecule has 0 aliphatic carbocycles. The van der Waals surface area contributed by atoms with Crippen LogP contribution in [0.4, 0.5) is 0 Å². The zero-order valence-electron chi connectivity index (χ0n) is 5.87. The lowest BCUT2D eigenvalue weighted by atomic mass is 10.5. The molecule has 0 fully saturated rings. The summed E-state index contributed by atoms with van der Waals surface area (Å²) in [5.74, 6) is 0. The fraction of sp³-hybridized carbons (Fsp3) is 0.125. The number of hydrogen-bond donors (Lipinski definition) is 0. The van der Waals surface area contributed by atoms with Crippen LogP contribution in [0.5, 0.6) is 0 Å². The number of hydrogen-bond acceptors (Lipinski definition) is 0. The van der Waals surface area contributed by atoms with Crippen molar-refractivity contribution in [2.75, 3.05) is 0 Å². The van der Waals surface area contributed by atoms with Crippen LogP contribution in [0.1, 0.15) is 0 Å². The van der Waals surface area contributed by atoms with Crippen LogP contribution < -0.4 is 4.57 Å². The first kappa shape index (κ1) is 8.57. The van der Waals surface area contributed by atoms with Gasteiger partial charge in [0, 0.05) is 17.7 Å². The van der Waals surface area contributed by atoms with Gasteiger partial charge in [-0.15, -0.1) is 0 Å². The highest BCUT2D eigenvalue weighted by Gasteiger charge is 1.99. The maximum absolute atomic E-state index is 5.71. The van der Waals surface area contributed by atoms with Crippen LogP contribution in [0.25, 0.3) is 0 Å². The summed E-state index contributed by atoms with van der Waals surface area (Å²) in [6.45, 7) is 0.631. The van der Waals surface area contributed by atoms with Gasteiger partial charge in [0.2, 0.25) is 0 Å². The normalized spacial score (nSPS) is 11.6. The minimum atomic E-state index is 0.628. The monoisotopic (exact) mass is 188 g/mol. The van der Waals surface area contributed by atoms with E-state index in [0.29, 0.717) is 11.6 Å². The van der Waals surface area contributed by atoms with Gasteiger partial charge in [0.15, 0.2) is 18.9 Å². The number of aromatic nitrogens is 1. The van der Waals surface area contributed by atoms with Crippen LogP contribution in [-0.4, -0.2) is 0 Å². The Labute approximate surface area is 75.9 Å². The molecule has 1 rings (SSSR count). The number of rotatable bonds is 2. The summed E-state index contributed by atoms with van der Waals surface area (Å²) in [6, 6.07) is 5.84. The molecule has 0 aromatic carbocycles. The molecule has 11 heavy (non-hydrogen) atoms. The van der Waals surface area contributed by atoms with Crippen molar-refractivity contribution in [1.29, 1.82) is 0 Å². The zero-order valence-corrected chi connectivity index (χ0v) is 7.39. The molecule has 3 heteroatoms. The van der Waals surface area contributed by atoms with Gasteiger partial charge >= 0.3 is 0 Å². The highest BCUT2D eigenvalue weighted by molar-refractivity contribution is 6.36. The lowest BCUT2D eigenvalue weighted by Gasteiger charge is -1.91. The molecule has 0 atom stereocenters. The molecule has 0 radical (unpaired) electrons. The van der Waals surface area contributed by atoms with E-state index >= 15 is 0 Å². The molecule has 0 saturated carbocycles. The fourth-order valence-electron chi connectivity index (χ4n) is 0.749. The van der Waals surface area contributed by atoms with E-state index in [0.717, 1.165) is 0 Å². The van der Waals surface area contributed by atoms with Crippen molar-refractivity contribution in [2.24, 2.45) is 0 Å². The highest BCUT2D eigenvalue weighted by Crippen LogP contribution is 2.01. The molecule has 0 saturated heterocycles. The van der Waals surface area contributed by atoms with E-state index in [4.69, 9.17) is 23.2 Å². The zero-order chi connectivity index (χ0) is 8.10. The summed E-state index contributed by atoms with van der Waals surface area (Å²) in [4.78, 5) is 0. The largest absolute Gasteiger partial charge is 0.200 e. The van der Waals surface area contributed by atoms with Crippen molar-refractivity contribution >= 4 is 23.2 Å². The Bertz CT molecular complexity index is 244. The van der Waals surface area contributed by atoms with Gasteiger partial charge in [0.25, 0.3) is 0 Å². The lowest BCUT2D eigenvalue weighted by Crippen LogP contribution is -2.32. The second-order valence-corrected chi connectivity index (χ2v) is 2.81. The molecule has 1 aromatic heterocycles. The Morgan fingerprint density at radius 2 is 1.91 bits per heavy atom. The predicted octanol–water partition coefficient (Wildman–Crippen LogP) is 2.29. The maximum Gasteiger partial charge on any atom is 0.185 e. The molecule has 0 spiro atoms. The number of pyridine rings is 1. The molecule has 0 unspecified atom stereocenters. The van der Waals surface area contributed by atoms with E-state index in [2.05, 4.69) is 0 Å². The van der Waals surface area contributed by atoms with E-state index in [-0.39, 0.29) is 0 Å². The van der Waals surface area contributed by atoms with Crippen LogP contribution in [0.15, 0.2) is 41.2 Å². The average Bonchev–Trinajstić information content (AvgIpc) is 2.06. The third kappa shape index (κ3) is 2.91. The Balaban J connectivity index is 2.65. The van der Waals surface area contributed by atoms with Crippen molar-refractivity contribution < 1.29 is 4.57 Å². The summed E-state index contributed by atoms with van der Waals surface area (Å²) in [6.07, 6.45) is 3.87. The molecule has 0 bridgehead atoms. The van der Waals surface area contributed by atoms with E-state index in [1.807, 2.05) is 35.2 Å². The Kier molecular flexibility index (Phi) is 3.40. The van der Waals surface area contributed by atoms with Crippen molar-refractivity contribution in [3.63, 3.8) is 0 Å². The topological polar surface area (TPSA) is 3.88 Å². The number of nitrogens with zero attached hydrogens (tertiary/aromatic N) is 1. The first-order valence-electron chi connectivity index (χ1n) is 3.22. The second kappa shape index (κ2) is 4.37. The van der Waals surface area contributed by atoms with Gasteiger partial charge < -0.3 is 0 Å². The molecule has 0 aliphatic rings. The minimum Gasteiger partial charge on any atom is -0.200 e. The van der Waals surface area contributed by atoms with Crippen molar-refractivity contribution in [3.05, 3.63) is 41.2 Å². The van der Waals surface area contributed by atoms with E-state index in [1.54, 1.807) is 0 Å². The average molecular weight is 189 g/mol. The molecule has 0 amide bonds. The molecular formula is C8H8Cl2N+. The van der Waals surface area contributed by atoms with Gasteiger partial charge in [-0.2, -0.15) is 4.57 Å². The van der Waals surface area contributed by atoms with Crippen LogP contribution in [0.2, 0.25) is 0 Å². The van der Waals surface area contributed by atoms with Crippen LogP contribution >= 0.6 is 23.2 Å². The molecule has 58 valence electrons. The number of halogens is 2. The molecule has 1 heterocycles. The summed E-state index contributed by atoms with van der Waals surface area (Å²) >= 11 is 11.1. The van der Waals surface area contributed by atoms with Gasteiger partial charge in [0.05, 0.1) is 5.03 Å². The van der Waals surface area contributed by atoms with Gasteiger partial charge in [-0.1, -0.05) is 29.3 Å². The molecular weight excluding hydrogens is 181 g/mol. The minimum absolute atomic E-state index is 0.628. The Hall–Kier alpha value is -0.530. The number of allylic oxidation sites excluding steroid dienone is 1. The standard InChI is InChI=1S/C8H8Cl2N/c9-6-8(10)7-11-4-2-1-3-5-11/h1-6H,7H2/q+1. The fourth-order valence-corrected chi connectivity index (χ4v) is 0.956. The predicted molar refractivity (Wildman–Crippen MR) is 46.4 cm³/mol. The third-order valence-electron chi connectivity index (χ3n) is 1.23. The molecule has 0 aliphatic heterocycles.